The lowest BCUT2D eigenvalue weighted by Gasteiger charge is -2.27. The number of carbonyl (C=O) groups excluding carboxylic acids is 1. The number of anilines is 1. The molecular formula is C20H23N3O3S2. The van der Waals surface area contributed by atoms with Gasteiger partial charge in [0.2, 0.25) is 0 Å². The van der Waals surface area contributed by atoms with E-state index in [-0.39, 0.29) is 12.2 Å². The van der Waals surface area contributed by atoms with Crippen LogP contribution in [0.25, 0.3) is 0 Å². The van der Waals surface area contributed by atoms with E-state index in [9.17, 15) is 9.59 Å². The number of hydrogen-bond acceptors (Lipinski definition) is 7. The molecule has 0 bridgehead atoms. The first-order valence-corrected chi connectivity index (χ1v) is 10.8. The predicted octanol–water partition coefficient (Wildman–Crippen LogP) is 4.14. The monoisotopic (exact) mass is 417 g/mol. The maximum absolute atomic E-state index is 13.0. The van der Waals surface area contributed by atoms with Crippen LogP contribution in [-0.4, -0.2) is 28.3 Å². The first-order chi connectivity index (χ1) is 13.4. The van der Waals surface area contributed by atoms with E-state index in [0.29, 0.717) is 33.7 Å². The molecule has 1 unspecified atom stereocenters. The number of hydrogen-bond donors (Lipinski definition) is 2. The normalized spacial score (nSPS) is 15.9. The third kappa shape index (κ3) is 4.23. The van der Waals surface area contributed by atoms with Gasteiger partial charge in [-0.05, 0) is 24.3 Å². The second-order valence-corrected chi connectivity index (χ2v) is 8.83. The predicted molar refractivity (Wildman–Crippen MR) is 114 cm³/mol. The lowest BCUT2D eigenvalue weighted by atomic mass is 9.86. The number of thiophene rings is 1. The largest absolute Gasteiger partial charge is 0.458 e. The van der Waals surface area contributed by atoms with Crippen LogP contribution in [0.3, 0.4) is 0 Å². The summed E-state index contributed by atoms with van der Waals surface area (Å²) in [6, 6.07) is 3.82. The van der Waals surface area contributed by atoms with Crippen molar-refractivity contribution in [3.63, 3.8) is 0 Å². The third-order valence-corrected chi connectivity index (χ3v) is 6.39. The summed E-state index contributed by atoms with van der Waals surface area (Å²) in [4.78, 5) is 34.1. The van der Waals surface area contributed by atoms with Gasteiger partial charge in [-0.2, -0.15) is 0 Å². The van der Waals surface area contributed by atoms with Crippen molar-refractivity contribution in [2.75, 3.05) is 17.7 Å². The topological polar surface area (TPSA) is 84.1 Å². The molecule has 0 amide bonds. The Morgan fingerprint density at radius 3 is 2.93 bits per heavy atom. The Kier molecular flexibility index (Phi) is 6.41. The number of esters is 1. The van der Waals surface area contributed by atoms with Gasteiger partial charge in [0.25, 0.3) is 5.56 Å². The van der Waals surface area contributed by atoms with Crippen molar-refractivity contribution in [1.29, 1.82) is 0 Å². The molecule has 1 aliphatic rings. The minimum absolute atomic E-state index is 0.110. The molecule has 0 aromatic carbocycles. The molecule has 3 rings (SSSR count). The molecule has 0 spiro atoms. The summed E-state index contributed by atoms with van der Waals surface area (Å²) in [5.41, 5.74) is 1.25. The number of H-pyrrole nitrogens is 1. The molecule has 0 saturated carbocycles. The van der Waals surface area contributed by atoms with Crippen LogP contribution in [-0.2, 0) is 9.53 Å². The zero-order valence-corrected chi connectivity index (χ0v) is 17.7. The summed E-state index contributed by atoms with van der Waals surface area (Å²) in [5.74, 6) is 0.835. The second kappa shape index (κ2) is 8.79. The Morgan fingerprint density at radius 1 is 1.50 bits per heavy atom. The number of ether oxygens (including phenoxy) is 1. The van der Waals surface area contributed by atoms with Crippen molar-refractivity contribution >= 4 is 34.9 Å². The van der Waals surface area contributed by atoms with E-state index in [1.54, 1.807) is 6.92 Å². The smallest absolute Gasteiger partial charge is 0.337 e. The Labute approximate surface area is 172 Å². The molecule has 2 aromatic rings. The average Bonchev–Trinajstić information content (AvgIpc) is 3.17. The molecule has 0 radical (unpaired) electrons. The summed E-state index contributed by atoms with van der Waals surface area (Å²) >= 11 is 3.00. The molecule has 148 valence electrons. The van der Waals surface area contributed by atoms with Crippen LogP contribution in [0.4, 0.5) is 5.82 Å². The van der Waals surface area contributed by atoms with Crippen LogP contribution >= 0.6 is 23.1 Å². The van der Waals surface area contributed by atoms with Gasteiger partial charge in [-0.3, -0.25) is 4.79 Å². The Bertz CT molecular complexity index is 962. The molecule has 2 aromatic heterocycles. The van der Waals surface area contributed by atoms with E-state index in [0.717, 1.165) is 10.6 Å². The second-order valence-electron chi connectivity index (χ2n) is 6.84. The molecule has 8 heteroatoms. The van der Waals surface area contributed by atoms with E-state index in [1.807, 2.05) is 17.5 Å². The summed E-state index contributed by atoms with van der Waals surface area (Å²) < 4.78 is 5.29. The van der Waals surface area contributed by atoms with Crippen LogP contribution in [0.2, 0.25) is 0 Å². The molecule has 1 aliphatic heterocycles. The number of fused-ring (bicyclic) bond motifs is 1. The van der Waals surface area contributed by atoms with E-state index in [1.165, 1.54) is 29.2 Å². The van der Waals surface area contributed by atoms with Gasteiger partial charge in [-0.25, -0.2) is 9.78 Å². The number of nitrogens with zero attached hydrogens (tertiary/aromatic N) is 1. The maximum Gasteiger partial charge on any atom is 0.337 e. The highest BCUT2D eigenvalue weighted by atomic mass is 32.2. The number of aromatic amines is 1. The van der Waals surface area contributed by atoms with Gasteiger partial charge < -0.3 is 15.0 Å². The average molecular weight is 418 g/mol. The molecule has 2 N–H and O–H groups in total. The van der Waals surface area contributed by atoms with Crippen molar-refractivity contribution in [3.05, 3.63) is 62.2 Å². The van der Waals surface area contributed by atoms with Gasteiger partial charge in [-0.1, -0.05) is 44.3 Å². The molecule has 6 nitrogen and oxygen atoms in total. The number of thioether (sulfide) groups is 1. The zero-order valence-electron chi connectivity index (χ0n) is 16.1. The van der Waals surface area contributed by atoms with Crippen LogP contribution < -0.4 is 10.9 Å². The van der Waals surface area contributed by atoms with Gasteiger partial charge in [0.15, 0.2) is 5.16 Å². The molecule has 1 atom stereocenters. The fourth-order valence-electron chi connectivity index (χ4n) is 2.97. The van der Waals surface area contributed by atoms with E-state index < -0.39 is 11.9 Å². The summed E-state index contributed by atoms with van der Waals surface area (Å²) in [7, 11) is 0. The lowest BCUT2D eigenvalue weighted by molar-refractivity contribution is -0.138. The minimum Gasteiger partial charge on any atom is -0.458 e. The fourth-order valence-corrected chi connectivity index (χ4v) is 4.62. The van der Waals surface area contributed by atoms with Crippen LogP contribution in [0, 0.1) is 5.92 Å². The Morgan fingerprint density at radius 2 is 2.29 bits per heavy atom. The van der Waals surface area contributed by atoms with Gasteiger partial charge in [-0.15, -0.1) is 11.3 Å². The molecule has 0 aliphatic carbocycles. The highest BCUT2D eigenvalue weighted by Crippen LogP contribution is 2.41. The first-order valence-electron chi connectivity index (χ1n) is 8.98. The van der Waals surface area contributed by atoms with E-state index in [4.69, 9.17) is 4.74 Å². The molecular weight excluding hydrogens is 394 g/mol. The minimum atomic E-state index is -0.519. The summed E-state index contributed by atoms with van der Waals surface area (Å²) in [6.45, 7) is 9.72. The van der Waals surface area contributed by atoms with Crippen molar-refractivity contribution in [3.8, 4) is 0 Å². The van der Waals surface area contributed by atoms with E-state index >= 15 is 0 Å². The number of carbonyl (C=O) groups is 1. The highest BCUT2D eigenvalue weighted by molar-refractivity contribution is 7.99. The molecule has 0 saturated heterocycles. The quantitative estimate of drug-likeness (QED) is 0.305. The van der Waals surface area contributed by atoms with Crippen LogP contribution in [0.5, 0.6) is 0 Å². The molecule has 0 fully saturated rings. The molecule has 28 heavy (non-hydrogen) atoms. The van der Waals surface area contributed by atoms with Gasteiger partial charge in [0, 0.05) is 16.3 Å². The number of rotatable bonds is 7. The van der Waals surface area contributed by atoms with Crippen molar-refractivity contribution in [1.82, 2.24) is 9.97 Å². The Balaban J connectivity index is 2.09. The van der Waals surface area contributed by atoms with Crippen molar-refractivity contribution in [2.45, 2.75) is 31.8 Å². The highest BCUT2D eigenvalue weighted by Gasteiger charge is 2.36. The SMILES string of the molecule is C=CCOC(=O)C1=C(C)Nc2nc(SCC(C)C)[nH]c(=O)c2C1c1cccs1. The standard InChI is InChI=1S/C20H23N3O3S2/c1-5-8-26-19(25)14-12(4)21-17-16(15(14)13-7-6-9-27-13)18(24)23-20(22-17)28-10-11(2)3/h5-7,9,11,15H,1,8,10H2,2-4H3,(H2,21,22,23,24). The van der Waals surface area contributed by atoms with Gasteiger partial charge >= 0.3 is 5.97 Å². The summed E-state index contributed by atoms with van der Waals surface area (Å²) in [5, 5.41) is 5.64. The van der Waals surface area contributed by atoms with Crippen molar-refractivity contribution in [2.24, 2.45) is 5.92 Å². The van der Waals surface area contributed by atoms with E-state index in [2.05, 4.69) is 35.7 Å². The van der Waals surface area contributed by atoms with Crippen molar-refractivity contribution < 1.29 is 9.53 Å². The number of allylic oxidation sites excluding steroid dienone is 1. The van der Waals surface area contributed by atoms with Crippen LogP contribution in [0.15, 0.2) is 51.4 Å². The van der Waals surface area contributed by atoms with Crippen LogP contribution in [0.1, 0.15) is 37.1 Å². The fraction of sp³-hybridized carbons (Fsp3) is 0.350. The third-order valence-electron chi connectivity index (χ3n) is 4.15. The first kappa shape index (κ1) is 20.4. The summed E-state index contributed by atoms with van der Waals surface area (Å²) in [6.07, 6.45) is 1.52. The lowest BCUT2D eigenvalue weighted by Crippen LogP contribution is -2.31. The number of aromatic nitrogens is 2. The van der Waals surface area contributed by atoms with Gasteiger partial charge in [0.05, 0.1) is 17.1 Å². The maximum atomic E-state index is 13.0. The Hall–Kier alpha value is -2.32. The van der Waals surface area contributed by atoms with Gasteiger partial charge in [0.1, 0.15) is 12.4 Å². The molecule has 3 heterocycles. The number of nitrogens with one attached hydrogen (secondary N) is 2. The zero-order chi connectivity index (χ0) is 20.3.